The van der Waals surface area contributed by atoms with Gasteiger partial charge in [-0.2, -0.15) is 0 Å². The van der Waals surface area contributed by atoms with Crippen LogP contribution in [0.1, 0.15) is 32.6 Å². The summed E-state index contributed by atoms with van der Waals surface area (Å²) in [5.74, 6) is -0.929. The molecule has 0 aromatic heterocycles. The van der Waals surface area contributed by atoms with Gasteiger partial charge in [0.15, 0.2) is 0 Å². The molecule has 0 aliphatic carbocycles. The SMILES string of the molecule is CC1=C(C(=N)C(N)=O)CCN(c2ccc(N3CCCCC3=O)cc2)C1=O. The largest absolute Gasteiger partial charge is 0.364 e. The highest BCUT2D eigenvalue weighted by molar-refractivity contribution is 6.44. The van der Waals surface area contributed by atoms with Gasteiger partial charge in [-0.25, -0.2) is 0 Å². The fourth-order valence-electron chi connectivity index (χ4n) is 3.44. The topological polar surface area (TPSA) is 108 Å². The normalized spacial score (nSPS) is 18.3. The minimum atomic E-state index is -0.823. The van der Waals surface area contributed by atoms with Gasteiger partial charge < -0.3 is 15.5 Å². The molecule has 2 heterocycles. The number of piperidine rings is 1. The van der Waals surface area contributed by atoms with Crippen LogP contribution in [-0.2, 0) is 14.4 Å². The van der Waals surface area contributed by atoms with Crippen LogP contribution in [0.25, 0.3) is 0 Å². The van der Waals surface area contributed by atoms with Crippen LogP contribution in [0.2, 0.25) is 0 Å². The van der Waals surface area contributed by atoms with Gasteiger partial charge in [0.25, 0.3) is 11.8 Å². The Labute approximate surface area is 152 Å². The van der Waals surface area contributed by atoms with Crippen molar-refractivity contribution in [2.45, 2.75) is 32.6 Å². The first-order chi connectivity index (χ1) is 12.4. The van der Waals surface area contributed by atoms with Crippen LogP contribution < -0.4 is 15.5 Å². The molecule has 3 rings (SSSR count). The molecule has 2 aliphatic rings. The quantitative estimate of drug-likeness (QED) is 0.804. The number of hydrogen-bond acceptors (Lipinski definition) is 4. The van der Waals surface area contributed by atoms with Gasteiger partial charge in [-0.05, 0) is 56.0 Å². The number of nitrogens with one attached hydrogen (secondary N) is 1. The van der Waals surface area contributed by atoms with Crippen molar-refractivity contribution in [3.8, 4) is 0 Å². The van der Waals surface area contributed by atoms with Crippen molar-refractivity contribution < 1.29 is 14.4 Å². The van der Waals surface area contributed by atoms with Crippen LogP contribution in [0.15, 0.2) is 35.4 Å². The highest BCUT2D eigenvalue weighted by atomic mass is 16.2. The van der Waals surface area contributed by atoms with Crippen molar-refractivity contribution in [2.24, 2.45) is 5.73 Å². The maximum atomic E-state index is 12.7. The van der Waals surface area contributed by atoms with E-state index in [9.17, 15) is 14.4 Å². The number of benzene rings is 1. The number of anilines is 2. The summed E-state index contributed by atoms with van der Waals surface area (Å²) >= 11 is 0. The van der Waals surface area contributed by atoms with Gasteiger partial charge in [-0.1, -0.05) is 0 Å². The van der Waals surface area contributed by atoms with Crippen LogP contribution in [0.4, 0.5) is 11.4 Å². The van der Waals surface area contributed by atoms with Gasteiger partial charge in [0.1, 0.15) is 5.71 Å². The number of hydrogen-bond donors (Lipinski definition) is 2. The van der Waals surface area contributed by atoms with Crippen molar-refractivity contribution in [1.82, 2.24) is 0 Å². The zero-order chi connectivity index (χ0) is 18.8. The fourth-order valence-corrected chi connectivity index (χ4v) is 3.44. The van der Waals surface area contributed by atoms with Crippen molar-refractivity contribution in [3.63, 3.8) is 0 Å². The van der Waals surface area contributed by atoms with E-state index in [1.54, 1.807) is 16.7 Å². The van der Waals surface area contributed by atoms with Crippen LogP contribution in [-0.4, -0.2) is 36.5 Å². The zero-order valence-corrected chi connectivity index (χ0v) is 14.7. The Kier molecular flexibility index (Phi) is 4.88. The second kappa shape index (κ2) is 7.11. The first-order valence-electron chi connectivity index (χ1n) is 8.71. The van der Waals surface area contributed by atoms with Gasteiger partial charge in [0, 0.05) is 36.5 Å². The van der Waals surface area contributed by atoms with E-state index >= 15 is 0 Å². The van der Waals surface area contributed by atoms with E-state index in [1.165, 1.54) is 0 Å². The maximum Gasteiger partial charge on any atom is 0.266 e. The highest BCUT2D eigenvalue weighted by Crippen LogP contribution is 2.28. The number of nitrogens with zero attached hydrogens (tertiary/aromatic N) is 2. The van der Waals surface area contributed by atoms with Gasteiger partial charge in [0.2, 0.25) is 5.91 Å². The van der Waals surface area contributed by atoms with Crippen LogP contribution in [0, 0.1) is 5.41 Å². The lowest BCUT2D eigenvalue weighted by atomic mass is 9.95. The molecule has 1 saturated heterocycles. The number of nitrogens with two attached hydrogens (primary N) is 1. The number of primary amides is 1. The third-order valence-corrected chi connectivity index (χ3v) is 4.95. The molecule has 3 N–H and O–H groups in total. The van der Waals surface area contributed by atoms with E-state index < -0.39 is 5.91 Å². The van der Waals surface area contributed by atoms with Crippen LogP contribution in [0.5, 0.6) is 0 Å². The lowest BCUT2D eigenvalue weighted by molar-refractivity contribution is -0.119. The molecule has 0 radical (unpaired) electrons. The third kappa shape index (κ3) is 3.24. The Balaban J connectivity index is 1.80. The summed E-state index contributed by atoms with van der Waals surface area (Å²) in [4.78, 5) is 39.3. The molecule has 0 saturated carbocycles. The average molecular weight is 354 g/mol. The summed E-state index contributed by atoms with van der Waals surface area (Å²) in [5.41, 5.74) is 7.22. The standard InChI is InChI=1S/C19H22N4O3/c1-12-15(17(20)18(21)25)9-11-23(19(12)26)14-7-5-13(6-8-14)22-10-3-2-4-16(22)24/h5-8,20H,2-4,9-11H2,1H3,(H2,21,25). The molecule has 0 atom stereocenters. The van der Waals surface area contributed by atoms with E-state index in [1.807, 2.05) is 24.3 Å². The Morgan fingerprint density at radius 2 is 1.62 bits per heavy atom. The Bertz CT molecular complexity index is 811. The molecule has 0 unspecified atom stereocenters. The first-order valence-corrected chi connectivity index (χ1v) is 8.71. The lowest BCUT2D eigenvalue weighted by Gasteiger charge is -2.30. The van der Waals surface area contributed by atoms with Gasteiger partial charge in [-0.15, -0.1) is 0 Å². The fraction of sp³-hybridized carbons (Fsp3) is 0.368. The van der Waals surface area contributed by atoms with Crippen molar-refractivity contribution in [2.75, 3.05) is 22.9 Å². The maximum absolute atomic E-state index is 12.7. The molecule has 0 bridgehead atoms. The summed E-state index contributed by atoms with van der Waals surface area (Å²) in [7, 11) is 0. The Morgan fingerprint density at radius 3 is 2.19 bits per heavy atom. The molecule has 7 heteroatoms. The molecule has 26 heavy (non-hydrogen) atoms. The number of rotatable bonds is 4. The Hall–Kier alpha value is -2.96. The molecule has 2 aliphatic heterocycles. The smallest absolute Gasteiger partial charge is 0.266 e. The molecule has 3 amide bonds. The third-order valence-electron chi connectivity index (χ3n) is 4.95. The first kappa shape index (κ1) is 17.8. The summed E-state index contributed by atoms with van der Waals surface area (Å²) < 4.78 is 0. The number of carbonyl (C=O) groups is 3. The minimum Gasteiger partial charge on any atom is -0.364 e. The lowest BCUT2D eigenvalue weighted by Crippen LogP contribution is -2.39. The van der Waals surface area contributed by atoms with Gasteiger partial charge in [-0.3, -0.25) is 19.8 Å². The van der Waals surface area contributed by atoms with E-state index in [0.29, 0.717) is 30.5 Å². The summed E-state index contributed by atoms with van der Waals surface area (Å²) in [6.07, 6.45) is 2.91. The monoisotopic (exact) mass is 354 g/mol. The van der Waals surface area contributed by atoms with Gasteiger partial charge in [0.05, 0.1) is 0 Å². The van der Waals surface area contributed by atoms with Crippen LogP contribution in [0.3, 0.4) is 0 Å². The molecular formula is C19H22N4O3. The zero-order valence-electron chi connectivity index (χ0n) is 14.7. The summed E-state index contributed by atoms with van der Waals surface area (Å²) in [6, 6.07) is 7.36. The molecule has 0 spiro atoms. The predicted molar refractivity (Wildman–Crippen MR) is 99.2 cm³/mol. The second-order valence-corrected chi connectivity index (χ2v) is 6.57. The molecule has 1 fully saturated rings. The van der Waals surface area contributed by atoms with E-state index in [-0.39, 0.29) is 17.5 Å². The minimum absolute atomic E-state index is 0.131. The highest BCUT2D eigenvalue weighted by Gasteiger charge is 2.28. The van der Waals surface area contributed by atoms with Crippen molar-refractivity contribution in [1.29, 1.82) is 5.41 Å². The van der Waals surface area contributed by atoms with Crippen molar-refractivity contribution >= 4 is 34.8 Å². The molecule has 1 aromatic carbocycles. The summed E-state index contributed by atoms with van der Waals surface area (Å²) in [5, 5.41) is 7.75. The number of carbonyl (C=O) groups excluding carboxylic acids is 3. The molecule has 136 valence electrons. The van der Waals surface area contributed by atoms with E-state index in [0.717, 1.165) is 30.8 Å². The van der Waals surface area contributed by atoms with E-state index in [4.69, 9.17) is 11.1 Å². The predicted octanol–water partition coefficient (Wildman–Crippen LogP) is 1.76. The van der Waals surface area contributed by atoms with Crippen LogP contribution >= 0.6 is 0 Å². The molecule has 1 aromatic rings. The Morgan fingerprint density at radius 1 is 1.00 bits per heavy atom. The van der Waals surface area contributed by atoms with Gasteiger partial charge >= 0.3 is 0 Å². The second-order valence-electron chi connectivity index (χ2n) is 6.57. The summed E-state index contributed by atoms with van der Waals surface area (Å²) in [6.45, 7) is 2.71. The van der Waals surface area contributed by atoms with E-state index in [2.05, 4.69) is 0 Å². The average Bonchev–Trinajstić information content (AvgIpc) is 2.64. The molecular weight excluding hydrogens is 332 g/mol. The van der Waals surface area contributed by atoms with Crippen molar-refractivity contribution in [3.05, 3.63) is 35.4 Å². The number of amides is 3. The molecule has 7 nitrogen and oxygen atoms in total.